The number of carbonyl (C=O) groups excluding carboxylic acids is 1. The Labute approximate surface area is 113 Å². The van der Waals surface area contributed by atoms with Gasteiger partial charge in [0, 0.05) is 11.1 Å². The number of aldehydes is 1. The Balaban J connectivity index is 2.11. The quantitative estimate of drug-likeness (QED) is 0.799. The van der Waals surface area contributed by atoms with E-state index < -0.39 is 0 Å². The van der Waals surface area contributed by atoms with Crippen molar-refractivity contribution in [2.75, 3.05) is 0 Å². The van der Waals surface area contributed by atoms with E-state index in [1.165, 1.54) is 6.07 Å². The fourth-order valence-corrected chi connectivity index (χ4v) is 1.99. The van der Waals surface area contributed by atoms with E-state index in [1.54, 1.807) is 36.4 Å². The van der Waals surface area contributed by atoms with E-state index in [-0.39, 0.29) is 12.4 Å². The molecule has 0 saturated carbocycles. The van der Waals surface area contributed by atoms with Gasteiger partial charge in [-0.05, 0) is 40.2 Å². The molecule has 0 N–H and O–H groups in total. The van der Waals surface area contributed by atoms with Gasteiger partial charge in [0.1, 0.15) is 24.5 Å². The van der Waals surface area contributed by atoms with Gasteiger partial charge >= 0.3 is 0 Å². The predicted molar refractivity (Wildman–Crippen MR) is 70.3 cm³/mol. The molecular formula is C14H10BrFO2. The normalized spacial score (nSPS) is 10.1. The van der Waals surface area contributed by atoms with Gasteiger partial charge in [0.2, 0.25) is 0 Å². The maximum Gasteiger partial charge on any atom is 0.150 e. The summed E-state index contributed by atoms with van der Waals surface area (Å²) in [7, 11) is 0. The molecule has 2 rings (SSSR count). The highest BCUT2D eigenvalue weighted by molar-refractivity contribution is 9.10. The number of ether oxygens (including phenoxy) is 1. The van der Waals surface area contributed by atoms with E-state index in [4.69, 9.17) is 4.74 Å². The van der Waals surface area contributed by atoms with Crippen LogP contribution in [0.4, 0.5) is 4.39 Å². The summed E-state index contributed by atoms with van der Waals surface area (Å²) < 4.78 is 19.5. The van der Waals surface area contributed by atoms with Crippen LogP contribution in [0.15, 0.2) is 46.9 Å². The van der Waals surface area contributed by atoms with Gasteiger partial charge in [-0.25, -0.2) is 4.39 Å². The van der Waals surface area contributed by atoms with Gasteiger partial charge in [-0.2, -0.15) is 0 Å². The van der Waals surface area contributed by atoms with Gasteiger partial charge in [0.05, 0.1) is 4.47 Å². The Morgan fingerprint density at radius 2 is 2.00 bits per heavy atom. The van der Waals surface area contributed by atoms with Crippen LogP contribution in [-0.4, -0.2) is 6.29 Å². The minimum atomic E-state index is -0.293. The summed E-state index contributed by atoms with van der Waals surface area (Å²) in [6, 6.07) is 11.4. The second kappa shape index (κ2) is 5.78. The van der Waals surface area contributed by atoms with Crippen molar-refractivity contribution >= 4 is 22.2 Å². The van der Waals surface area contributed by atoms with Crippen LogP contribution in [0.2, 0.25) is 0 Å². The van der Waals surface area contributed by atoms with Crippen molar-refractivity contribution in [1.82, 2.24) is 0 Å². The predicted octanol–water partition coefficient (Wildman–Crippen LogP) is 3.98. The monoisotopic (exact) mass is 308 g/mol. The van der Waals surface area contributed by atoms with Crippen LogP contribution in [0.3, 0.4) is 0 Å². The van der Waals surface area contributed by atoms with Crippen LogP contribution in [0.5, 0.6) is 5.75 Å². The van der Waals surface area contributed by atoms with E-state index in [0.29, 0.717) is 21.3 Å². The zero-order valence-electron chi connectivity index (χ0n) is 9.40. The summed E-state index contributed by atoms with van der Waals surface area (Å²) in [4.78, 5) is 10.6. The van der Waals surface area contributed by atoms with Crippen molar-refractivity contribution < 1.29 is 13.9 Å². The summed E-state index contributed by atoms with van der Waals surface area (Å²) in [6.45, 7) is 0.145. The molecule has 4 heteroatoms. The highest BCUT2D eigenvalue weighted by Crippen LogP contribution is 2.26. The van der Waals surface area contributed by atoms with Crippen molar-refractivity contribution in [2.24, 2.45) is 0 Å². The molecule has 18 heavy (non-hydrogen) atoms. The maximum atomic E-state index is 13.4. The van der Waals surface area contributed by atoms with Gasteiger partial charge in [-0.15, -0.1) is 0 Å². The van der Waals surface area contributed by atoms with Crippen LogP contribution >= 0.6 is 15.9 Å². The molecule has 0 aliphatic rings. The summed E-state index contributed by atoms with van der Waals surface area (Å²) in [5.41, 5.74) is 1.05. The number of hydrogen-bond acceptors (Lipinski definition) is 2. The number of benzene rings is 2. The summed E-state index contributed by atoms with van der Waals surface area (Å²) in [6.07, 6.45) is 0.755. The van der Waals surface area contributed by atoms with E-state index in [9.17, 15) is 9.18 Å². The topological polar surface area (TPSA) is 26.3 Å². The number of hydrogen-bond donors (Lipinski definition) is 0. The van der Waals surface area contributed by atoms with Crippen molar-refractivity contribution in [3.8, 4) is 5.75 Å². The fourth-order valence-electron chi connectivity index (χ4n) is 1.48. The molecule has 2 nitrogen and oxygen atoms in total. The largest absolute Gasteiger partial charge is 0.488 e. The van der Waals surface area contributed by atoms with E-state index in [0.717, 1.165) is 6.29 Å². The third kappa shape index (κ3) is 2.96. The highest BCUT2D eigenvalue weighted by Gasteiger charge is 2.05. The third-order valence-corrected chi connectivity index (χ3v) is 3.05. The molecule has 0 radical (unpaired) electrons. The third-order valence-electron chi connectivity index (χ3n) is 2.43. The van der Waals surface area contributed by atoms with Gasteiger partial charge in [-0.3, -0.25) is 4.79 Å². The maximum absolute atomic E-state index is 13.4. The molecule has 92 valence electrons. The lowest BCUT2D eigenvalue weighted by Gasteiger charge is -2.09. The van der Waals surface area contributed by atoms with Crippen molar-refractivity contribution in [3.63, 3.8) is 0 Å². The molecule has 0 aliphatic carbocycles. The Kier molecular flexibility index (Phi) is 4.10. The lowest BCUT2D eigenvalue weighted by atomic mass is 10.2. The first-order chi connectivity index (χ1) is 8.70. The van der Waals surface area contributed by atoms with Gasteiger partial charge in [-0.1, -0.05) is 18.2 Å². The van der Waals surface area contributed by atoms with Crippen molar-refractivity contribution in [1.29, 1.82) is 0 Å². The number of rotatable bonds is 4. The zero-order valence-corrected chi connectivity index (χ0v) is 11.0. The van der Waals surface area contributed by atoms with E-state index in [2.05, 4.69) is 15.9 Å². The van der Waals surface area contributed by atoms with Crippen molar-refractivity contribution in [3.05, 3.63) is 63.9 Å². The molecule has 0 aliphatic heterocycles. The van der Waals surface area contributed by atoms with Crippen LogP contribution < -0.4 is 4.74 Å². The van der Waals surface area contributed by atoms with Gasteiger partial charge in [0.15, 0.2) is 0 Å². The molecule has 0 aromatic heterocycles. The first-order valence-corrected chi connectivity index (χ1v) is 6.11. The summed E-state index contributed by atoms with van der Waals surface area (Å²) in [5.74, 6) is 0.280. The second-order valence-electron chi connectivity index (χ2n) is 3.69. The van der Waals surface area contributed by atoms with Crippen LogP contribution in [0, 0.1) is 5.82 Å². The Hall–Kier alpha value is -1.68. The average Bonchev–Trinajstić information content (AvgIpc) is 2.39. The van der Waals surface area contributed by atoms with Crippen LogP contribution in [0.25, 0.3) is 0 Å². The van der Waals surface area contributed by atoms with Gasteiger partial charge < -0.3 is 4.74 Å². The minimum absolute atomic E-state index is 0.145. The lowest BCUT2D eigenvalue weighted by molar-refractivity contribution is 0.112. The van der Waals surface area contributed by atoms with Crippen LogP contribution in [-0.2, 0) is 6.61 Å². The Morgan fingerprint density at radius 3 is 2.67 bits per heavy atom. The molecule has 0 spiro atoms. The average molecular weight is 309 g/mol. The number of carbonyl (C=O) groups is 1. The van der Waals surface area contributed by atoms with Gasteiger partial charge in [0.25, 0.3) is 0 Å². The molecule has 0 fully saturated rings. The van der Waals surface area contributed by atoms with E-state index >= 15 is 0 Å². The number of halogens is 2. The molecular weight excluding hydrogens is 299 g/mol. The molecule has 2 aromatic rings. The Bertz CT molecular complexity index is 569. The second-order valence-corrected chi connectivity index (χ2v) is 4.54. The minimum Gasteiger partial charge on any atom is -0.488 e. The summed E-state index contributed by atoms with van der Waals surface area (Å²) >= 11 is 3.30. The first-order valence-electron chi connectivity index (χ1n) is 5.31. The first kappa shape index (κ1) is 12.8. The van der Waals surface area contributed by atoms with Crippen LogP contribution in [0.1, 0.15) is 15.9 Å². The molecule has 0 heterocycles. The molecule has 2 aromatic carbocycles. The standard InChI is InChI=1S/C14H10BrFO2/c15-12-7-10(8-17)5-6-14(12)18-9-11-3-1-2-4-13(11)16/h1-8H,9H2. The molecule has 0 atom stereocenters. The lowest BCUT2D eigenvalue weighted by Crippen LogP contribution is -1.99. The fraction of sp³-hybridized carbons (Fsp3) is 0.0714. The SMILES string of the molecule is O=Cc1ccc(OCc2ccccc2F)c(Br)c1. The molecule has 0 saturated heterocycles. The molecule has 0 amide bonds. The zero-order chi connectivity index (χ0) is 13.0. The summed E-state index contributed by atoms with van der Waals surface area (Å²) in [5, 5.41) is 0. The van der Waals surface area contributed by atoms with E-state index in [1.807, 2.05) is 0 Å². The smallest absolute Gasteiger partial charge is 0.150 e. The van der Waals surface area contributed by atoms with Crippen molar-refractivity contribution in [2.45, 2.75) is 6.61 Å². The molecule has 0 unspecified atom stereocenters. The molecule has 0 bridgehead atoms. The Morgan fingerprint density at radius 1 is 1.22 bits per heavy atom. The highest BCUT2D eigenvalue weighted by atomic mass is 79.9.